The summed E-state index contributed by atoms with van der Waals surface area (Å²) in [6, 6.07) is 19.6. The summed E-state index contributed by atoms with van der Waals surface area (Å²) in [5, 5.41) is 9.81. The molecule has 0 radical (unpaired) electrons. The predicted molar refractivity (Wildman–Crippen MR) is 122 cm³/mol. The molecule has 0 bridgehead atoms. The summed E-state index contributed by atoms with van der Waals surface area (Å²) >= 11 is 0. The normalized spacial score (nSPS) is 13.8. The fraction of sp³-hybridized carbons (Fsp3) is 0.292. The molecule has 0 atom stereocenters. The van der Waals surface area contributed by atoms with E-state index in [4.69, 9.17) is 0 Å². The maximum Gasteiger partial charge on any atom is 0.291 e. The third-order valence-corrected chi connectivity index (χ3v) is 5.32. The highest BCUT2D eigenvalue weighted by atomic mass is 16.2. The average Bonchev–Trinajstić information content (AvgIpc) is 3.08. The summed E-state index contributed by atoms with van der Waals surface area (Å²) in [5.41, 5.74) is 3.19. The van der Waals surface area contributed by atoms with E-state index in [-0.39, 0.29) is 18.4 Å². The van der Waals surface area contributed by atoms with Crippen LogP contribution < -0.4 is 5.32 Å². The first kappa shape index (κ1) is 20.8. The van der Waals surface area contributed by atoms with Crippen molar-refractivity contribution in [2.24, 2.45) is 5.10 Å². The number of hydrazone groups is 1. The number of hydrogen-bond donors (Lipinski definition) is 1. The van der Waals surface area contributed by atoms with Gasteiger partial charge in [0.05, 0.1) is 12.3 Å². The smallest absolute Gasteiger partial charge is 0.291 e. The molecule has 1 aromatic heterocycles. The first-order valence-electron chi connectivity index (χ1n) is 10.5. The molecule has 0 unspecified atom stereocenters. The van der Waals surface area contributed by atoms with E-state index in [0.717, 1.165) is 35.1 Å². The van der Waals surface area contributed by atoms with Gasteiger partial charge in [0, 0.05) is 17.4 Å². The van der Waals surface area contributed by atoms with Gasteiger partial charge >= 0.3 is 0 Å². The molecule has 1 aliphatic heterocycles. The molecule has 4 rings (SSSR count). The van der Waals surface area contributed by atoms with E-state index in [9.17, 15) is 9.59 Å². The van der Waals surface area contributed by atoms with E-state index in [1.54, 1.807) is 0 Å². The highest BCUT2D eigenvalue weighted by Crippen LogP contribution is 2.24. The zero-order valence-corrected chi connectivity index (χ0v) is 17.9. The fourth-order valence-electron chi connectivity index (χ4n) is 3.76. The van der Waals surface area contributed by atoms with Crippen LogP contribution in [0, 0.1) is 0 Å². The van der Waals surface area contributed by atoms with Gasteiger partial charge in [-0.2, -0.15) is 5.10 Å². The molecule has 160 valence electrons. The standard InChI is InChI=1S/C24H27N5O2/c1-27(2)14-8-13-25-23(30)17-29-24(31)22-15-19-11-6-7-12-21(19)28(22)16-20(26-29)18-9-4-3-5-10-18/h3-7,9-12,15H,8,13-14,16-17H2,1-2H3,(H,25,30). The molecular formula is C24H27N5O2. The van der Waals surface area contributed by atoms with Gasteiger partial charge in [-0.25, -0.2) is 5.01 Å². The van der Waals surface area contributed by atoms with E-state index in [0.29, 0.717) is 18.8 Å². The minimum Gasteiger partial charge on any atom is -0.354 e. The second-order valence-corrected chi connectivity index (χ2v) is 7.96. The number of nitrogens with zero attached hydrogens (tertiary/aromatic N) is 4. The molecule has 2 aromatic carbocycles. The molecule has 2 heterocycles. The third kappa shape index (κ3) is 4.67. The average molecular weight is 418 g/mol. The number of rotatable bonds is 7. The zero-order chi connectivity index (χ0) is 21.8. The van der Waals surface area contributed by atoms with Crippen molar-refractivity contribution in [3.8, 4) is 0 Å². The lowest BCUT2D eigenvalue weighted by Crippen LogP contribution is -2.38. The van der Waals surface area contributed by atoms with Crippen LogP contribution in [0.25, 0.3) is 10.9 Å². The number of para-hydroxylation sites is 1. The maximum atomic E-state index is 13.3. The van der Waals surface area contributed by atoms with Gasteiger partial charge in [0.2, 0.25) is 5.91 Å². The largest absolute Gasteiger partial charge is 0.354 e. The Kier molecular flexibility index (Phi) is 6.13. The van der Waals surface area contributed by atoms with Crippen molar-refractivity contribution in [3.63, 3.8) is 0 Å². The molecule has 1 N–H and O–H groups in total. The lowest BCUT2D eigenvalue weighted by molar-refractivity contribution is -0.121. The van der Waals surface area contributed by atoms with Crippen molar-refractivity contribution in [3.05, 3.63) is 71.9 Å². The molecule has 0 spiro atoms. The molecule has 7 nitrogen and oxygen atoms in total. The van der Waals surface area contributed by atoms with E-state index in [1.807, 2.05) is 79.3 Å². The third-order valence-electron chi connectivity index (χ3n) is 5.32. The highest BCUT2D eigenvalue weighted by molar-refractivity contribution is 6.07. The molecule has 2 amide bonds. The molecule has 0 fully saturated rings. The van der Waals surface area contributed by atoms with Crippen LogP contribution in [0.4, 0.5) is 0 Å². The van der Waals surface area contributed by atoms with Gasteiger partial charge in [0.1, 0.15) is 12.2 Å². The van der Waals surface area contributed by atoms with Crippen LogP contribution >= 0.6 is 0 Å². The predicted octanol–water partition coefficient (Wildman–Crippen LogP) is 2.57. The summed E-state index contributed by atoms with van der Waals surface area (Å²) in [6.07, 6.45) is 0.847. The van der Waals surface area contributed by atoms with Gasteiger partial charge < -0.3 is 14.8 Å². The van der Waals surface area contributed by atoms with Crippen LogP contribution in [-0.2, 0) is 11.3 Å². The van der Waals surface area contributed by atoms with Crippen molar-refractivity contribution >= 4 is 28.4 Å². The molecule has 0 saturated carbocycles. The maximum absolute atomic E-state index is 13.3. The van der Waals surface area contributed by atoms with E-state index >= 15 is 0 Å². The Morgan fingerprint density at radius 2 is 1.84 bits per heavy atom. The number of hydrogen-bond acceptors (Lipinski definition) is 4. The number of fused-ring (bicyclic) bond motifs is 3. The van der Waals surface area contributed by atoms with Crippen molar-refractivity contribution in [1.29, 1.82) is 0 Å². The number of aromatic nitrogens is 1. The Morgan fingerprint density at radius 3 is 2.61 bits per heavy atom. The van der Waals surface area contributed by atoms with Crippen LogP contribution in [0.1, 0.15) is 22.5 Å². The number of benzene rings is 2. The van der Waals surface area contributed by atoms with Crippen molar-refractivity contribution in [2.75, 3.05) is 33.7 Å². The Bertz CT molecular complexity index is 1120. The first-order chi connectivity index (χ1) is 15.0. The molecular weight excluding hydrogens is 390 g/mol. The number of carbonyl (C=O) groups excluding carboxylic acids is 2. The fourth-order valence-corrected chi connectivity index (χ4v) is 3.76. The first-order valence-corrected chi connectivity index (χ1v) is 10.5. The minimum absolute atomic E-state index is 0.112. The van der Waals surface area contributed by atoms with Gasteiger partial charge in [0.25, 0.3) is 5.91 Å². The van der Waals surface area contributed by atoms with Crippen LogP contribution in [0.5, 0.6) is 0 Å². The Labute approximate surface area is 181 Å². The Hall–Kier alpha value is -3.45. The number of carbonyl (C=O) groups is 2. The lowest BCUT2D eigenvalue weighted by atomic mass is 10.1. The number of amides is 2. The van der Waals surface area contributed by atoms with Gasteiger partial charge in [-0.1, -0.05) is 48.5 Å². The molecule has 0 saturated heterocycles. The summed E-state index contributed by atoms with van der Waals surface area (Å²) in [6.45, 7) is 1.80. The zero-order valence-electron chi connectivity index (χ0n) is 17.9. The molecule has 3 aromatic rings. The second kappa shape index (κ2) is 9.14. The van der Waals surface area contributed by atoms with Crippen molar-refractivity contribution < 1.29 is 9.59 Å². The van der Waals surface area contributed by atoms with Crippen LogP contribution in [0.15, 0.2) is 65.8 Å². The van der Waals surface area contributed by atoms with Gasteiger partial charge in [-0.3, -0.25) is 9.59 Å². The molecule has 1 aliphatic rings. The van der Waals surface area contributed by atoms with Crippen LogP contribution in [0.3, 0.4) is 0 Å². The van der Waals surface area contributed by atoms with Gasteiger partial charge in [0.15, 0.2) is 0 Å². The molecule has 31 heavy (non-hydrogen) atoms. The van der Waals surface area contributed by atoms with E-state index in [1.165, 1.54) is 5.01 Å². The monoisotopic (exact) mass is 417 g/mol. The van der Waals surface area contributed by atoms with Crippen molar-refractivity contribution in [1.82, 2.24) is 19.8 Å². The van der Waals surface area contributed by atoms with Crippen LogP contribution in [0.2, 0.25) is 0 Å². The topological polar surface area (TPSA) is 69.9 Å². The summed E-state index contributed by atoms with van der Waals surface area (Å²) in [7, 11) is 3.99. The molecule has 0 aliphatic carbocycles. The Morgan fingerprint density at radius 1 is 1.10 bits per heavy atom. The second-order valence-electron chi connectivity index (χ2n) is 7.96. The van der Waals surface area contributed by atoms with Crippen molar-refractivity contribution in [2.45, 2.75) is 13.0 Å². The van der Waals surface area contributed by atoms with Gasteiger partial charge in [-0.05, 0) is 44.8 Å². The summed E-state index contributed by atoms with van der Waals surface area (Å²) < 4.78 is 1.98. The quantitative estimate of drug-likeness (QED) is 0.601. The van der Waals surface area contributed by atoms with E-state index in [2.05, 4.69) is 15.3 Å². The summed E-state index contributed by atoms with van der Waals surface area (Å²) in [5.74, 6) is -0.488. The highest BCUT2D eigenvalue weighted by Gasteiger charge is 2.27. The minimum atomic E-state index is -0.273. The lowest BCUT2D eigenvalue weighted by Gasteiger charge is -2.16. The summed E-state index contributed by atoms with van der Waals surface area (Å²) in [4.78, 5) is 28.0. The molecule has 7 heteroatoms. The number of nitrogens with one attached hydrogen (secondary N) is 1. The Balaban J connectivity index is 1.63. The SMILES string of the molecule is CN(C)CCCNC(=O)CN1N=C(c2ccccc2)Cn2c(cc3ccccc32)C1=O. The van der Waals surface area contributed by atoms with E-state index < -0.39 is 0 Å². The van der Waals surface area contributed by atoms with Crippen LogP contribution in [-0.4, -0.2) is 65.7 Å². The van der Waals surface area contributed by atoms with Gasteiger partial charge in [-0.15, -0.1) is 0 Å².